The number of carboxylic acids is 1. The molecule has 5 rings (SSSR count). The number of nitrogens with zero attached hydrogens (tertiary/aromatic N) is 5. The number of halogens is 3. The van der Waals surface area contributed by atoms with Gasteiger partial charge in [-0.3, -0.25) is 9.59 Å². The van der Waals surface area contributed by atoms with Crippen molar-refractivity contribution >= 4 is 23.7 Å². The summed E-state index contributed by atoms with van der Waals surface area (Å²) in [5.74, 6) is -1.76. The Morgan fingerprint density at radius 2 is 1.78 bits per heavy atom. The van der Waals surface area contributed by atoms with Gasteiger partial charge in [-0.15, -0.1) is 0 Å². The quantitative estimate of drug-likeness (QED) is 0.656. The largest absolute Gasteiger partial charge is 0.490 e. The summed E-state index contributed by atoms with van der Waals surface area (Å²) in [7, 11) is 1.84. The van der Waals surface area contributed by atoms with Gasteiger partial charge in [0.1, 0.15) is 0 Å². The number of piperidine rings is 1. The molecule has 0 atom stereocenters. The number of fused-ring (bicyclic) bond motifs is 2. The highest BCUT2D eigenvalue weighted by Crippen LogP contribution is 2.41. The van der Waals surface area contributed by atoms with Gasteiger partial charge in [-0.05, 0) is 37.8 Å². The van der Waals surface area contributed by atoms with Gasteiger partial charge in [-0.2, -0.15) is 13.2 Å². The molecule has 2 saturated heterocycles. The molecule has 10 nitrogen and oxygen atoms in total. The van der Waals surface area contributed by atoms with E-state index in [4.69, 9.17) is 19.3 Å². The zero-order chi connectivity index (χ0) is 26.1. The van der Waals surface area contributed by atoms with Crippen LogP contribution in [0, 0.1) is 0 Å². The monoisotopic (exact) mass is 509 g/mol. The minimum absolute atomic E-state index is 0.0207. The van der Waals surface area contributed by atoms with E-state index < -0.39 is 12.1 Å². The average molecular weight is 509 g/mol. The molecule has 0 bridgehead atoms. The number of rotatable bonds is 2. The fourth-order valence-corrected chi connectivity index (χ4v) is 4.90. The van der Waals surface area contributed by atoms with Crippen molar-refractivity contribution in [3.05, 3.63) is 41.6 Å². The maximum atomic E-state index is 12.8. The van der Waals surface area contributed by atoms with Crippen LogP contribution < -0.4 is 4.90 Å². The summed E-state index contributed by atoms with van der Waals surface area (Å²) in [6.45, 7) is 3.78. The molecule has 2 fully saturated rings. The predicted octanol–water partition coefficient (Wildman–Crippen LogP) is 2.56. The van der Waals surface area contributed by atoms with Crippen LogP contribution in [0.2, 0.25) is 0 Å². The lowest BCUT2D eigenvalue weighted by molar-refractivity contribution is -0.192. The Balaban J connectivity index is 0.000000384. The first kappa shape index (κ1) is 25.5. The van der Waals surface area contributed by atoms with Gasteiger partial charge in [0.15, 0.2) is 5.76 Å². The zero-order valence-electron chi connectivity index (χ0n) is 19.6. The molecule has 3 aliphatic rings. The highest BCUT2D eigenvalue weighted by atomic mass is 19.4. The fraction of sp³-hybridized carbons (Fsp3) is 0.522. The number of aromatic nitrogens is 2. The van der Waals surface area contributed by atoms with Crippen molar-refractivity contribution in [1.82, 2.24) is 19.8 Å². The van der Waals surface area contributed by atoms with E-state index in [9.17, 15) is 22.8 Å². The topological polar surface area (TPSA) is 120 Å². The molecular formula is C23H26F3N5O5. The van der Waals surface area contributed by atoms with Crippen LogP contribution in [0.4, 0.5) is 19.1 Å². The smallest absolute Gasteiger partial charge is 0.475 e. The molecule has 194 valence electrons. The Hall–Kier alpha value is -3.64. The molecule has 0 saturated carbocycles. The van der Waals surface area contributed by atoms with Gasteiger partial charge >= 0.3 is 12.1 Å². The second-order valence-corrected chi connectivity index (χ2v) is 9.14. The van der Waals surface area contributed by atoms with Gasteiger partial charge in [-0.25, -0.2) is 14.8 Å². The van der Waals surface area contributed by atoms with E-state index >= 15 is 0 Å². The number of carboxylic acid groups (broad SMARTS) is 1. The number of likely N-dealkylation sites (tertiary alicyclic amines) is 1. The predicted molar refractivity (Wildman–Crippen MR) is 120 cm³/mol. The summed E-state index contributed by atoms with van der Waals surface area (Å²) in [6.07, 6.45) is 1.97. The molecule has 5 heterocycles. The lowest BCUT2D eigenvalue weighted by Crippen LogP contribution is -2.54. The number of hydrogen-bond acceptors (Lipinski definition) is 7. The van der Waals surface area contributed by atoms with Crippen LogP contribution in [0.5, 0.6) is 0 Å². The maximum absolute atomic E-state index is 12.8. The van der Waals surface area contributed by atoms with E-state index in [-0.39, 0.29) is 17.2 Å². The number of aliphatic carboxylic acids is 1. The number of carbonyl (C=O) groups excluding carboxylic acids is 2. The number of furan rings is 1. The summed E-state index contributed by atoms with van der Waals surface area (Å²) in [5.41, 5.74) is 1.23. The van der Waals surface area contributed by atoms with Crippen molar-refractivity contribution in [2.24, 2.45) is 0 Å². The first-order valence-electron chi connectivity index (χ1n) is 11.5. The molecule has 36 heavy (non-hydrogen) atoms. The van der Waals surface area contributed by atoms with Crippen molar-refractivity contribution in [3.8, 4) is 0 Å². The van der Waals surface area contributed by atoms with E-state index in [2.05, 4.69) is 9.88 Å². The summed E-state index contributed by atoms with van der Waals surface area (Å²) in [5, 5.41) is 7.12. The molecule has 1 spiro atoms. The molecular weight excluding hydrogens is 483 g/mol. The Bertz CT molecular complexity index is 1120. The summed E-state index contributed by atoms with van der Waals surface area (Å²) >= 11 is 0. The van der Waals surface area contributed by atoms with Gasteiger partial charge in [0.2, 0.25) is 5.95 Å². The fourth-order valence-electron chi connectivity index (χ4n) is 4.90. The number of carbonyl (C=O) groups is 3. The third kappa shape index (κ3) is 5.00. The SMILES string of the molecule is CN1CC2(CCN(C(=O)c3ccco3)CC2)c2nc(N3CCCC3)ncc2C1=O.O=C(O)C(F)(F)F. The van der Waals surface area contributed by atoms with Gasteiger partial charge in [0, 0.05) is 51.4 Å². The van der Waals surface area contributed by atoms with Crippen molar-refractivity contribution < 1.29 is 37.1 Å². The van der Waals surface area contributed by atoms with Crippen molar-refractivity contribution in [3.63, 3.8) is 0 Å². The molecule has 3 aliphatic heterocycles. The molecule has 0 aliphatic carbocycles. The molecule has 2 amide bonds. The molecule has 1 N–H and O–H groups in total. The van der Waals surface area contributed by atoms with E-state index in [0.717, 1.165) is 50.4 Å². The highest BCUT2D eigenvalue weighted by molar-refractivity contribution is 5.97. The summed E-state index contributed by atoms with van der Waals surface area (Å²) in [6, 6.07) is 3.43. The normalized spacial score (nSPS) is 19.1. The summed E-state index contributed by atoms with van der Waals surface area (Å²) in [4.78, 5) is 49.5. The summed E-state index contributed by atoms with van der Waals surface area (Å²) < 4.78 is 37.0. The molecule has 0 aromatic carbocycles. The van der Waals surface area contributed by atoms with Gasteiger partial charge < -0.3 is 24.2 Å². The third-order valence-corrected chi connectivity index (χ3v) is 6.77. The third-order valence-electron chi connectivity index (χ3n) is 6.77. The second-order valence-electron chi connectivity index (χ2n) is 9.14. The van der Waals surface area contributed by atoms with Crippen LogP contribution in [-0.4, -0.2) is 88.6 Å². The lowest BCUT2D eigenvalue weighted by Gasteiger charge is -2.46. The van der Waals surface area contributed by atoms with E-state index in [1.807, 2.05) is 11.9 Å². The highest BCUT2D eigenvalue weighted by Gasteiger charge is 2.46. The van der Waals surface area contributed by atoms with Crippen LogP contribution >= 0.6 is 0 Å². The standard InChI is InChI=1S/C21H25N5O3.C2HF3O2/c1-24-14-21(6-10-25(11-7-21)19(28)16-5-4-12-29-16)17-15(18(24)27)13-22-20(23-17)26-8-2-3-9-26;3-2(4,5)1(6)7/h4-5,12-13H,2-3,6-11,14H2,1H3;(H,6,7). The van der Waals surface area contributed by atoms with Gasteiger partial charge in [-0.1, -0.05) is 0 Å². The minimum atomic E-state index is -5.08. The Kier molecular flexibility index (Phi) is 6.92. The van der Waals surface area contributed by atoms with Crippen molar-refractivity contribution in [1.29, 1.82) is 0 Å². The second kappa shape index (κ2) is 9.78. The number of anilines is 1. The van der Waals surface area contributed by atoms with Crippen molar-refractivity contribution in [2.75, 3.05) is 44.7 Å². The molecule has 0 unspecified atom stereocenters. The van der Waals surface area contributed by atoms with E-state index in [0.29, 0.717) is 31.0 Å². The van der Waals surface area contributed by atoms with Crippen molar-refractivity contribution in [2.45, 2.75) is 37.3 Å². The van der Waals surface area contributed by atoms with Crippen LogP contribution in [-0.2, 0) is 10.2 Å². The first-order chi connectivity index (χ1) is 17.0. The number of alkyl halides is 3. The minimum Gasteiger partial charge on any atom is -0.475 e. The zero-order valence-corrected chi connectivity index (χ0v) is 19.6. The van der Waals surface area contributed by atoms with Crippen LogP contribution in [0.3, 0.4) is 0 Å². The van der Waals surface area contributed by atoms with Crippen LogP contribution in [0.15, 0.2) is 29.0 Å². The molecule has 13 heteroatoms. The van der Waals surface area contributed by atoms with Crippen LogP contribution in [0.1, 0.15) is 52.3 Å². The molecule has 2 aromatic heterocycles. The van der Waals surface area contributed by atoms with Crippen LogP contribution in [0.25, 0.3) is 0 Å². The number of hydrogen-bond donors (Lipinski definition) is 1. The number of amides is 2. The molecule has 0 radical (unpaired) electrons. The average Bonchev–Trinajstić information content (AvgIpc) is 3.57. The number of likely N-dealkylation sites (N-methyl/N-ethyl adjacent to an activating group) is 1. The molecule has 2 aromatic rings. The Labute approximate surface area is 204 Å². The first-order valence-corrected chi connectivity index (χ1v) is 11.5. The van der Waals surface area contributed by atoms with Gasteiger partial charge in [0.05, 0.1) is 17.5 Å². The Morgan fingerprint density at radius 3 is 2.33 bits per heavy atom. The Morgan fingerprint density at radius 1 is 1.14 bits per heavy atom. The van der Waals surface area contributed by atoms with Gasteiger partial charge in [0.25, 0.3) is 11.8 Å². The van der Waals surface area contributed by atoms with E-state index in [1.165, 1.54) is 6.26 Å². The van der Waals surface area contributed by atoms with E-state index in [1.54, 1.807) is 23.2 Å². The lowest BCUT2D eigenvalue weighted by atomic mass is 9.71. The maximum Gasteiger partial charge on any atom is 0.490 e.